The molecule has 13 heavy (non-hydrogen) atoms. The van der Waals surface area contributed by atoms with Gasteiger partial charge in [-0.1, -0.05) is 6.07 Å². The van der Waals surface area contributed by atoms with E-state index in [0.29, 0.717) is 5.88 Å². The van der Waals surface area contributed by atoms with Crippen LogP contribution >= 0.6 is 11.6 Å². The van der Waals surface area contributed by atoms with Crippen molar-refractivity contribution in [1.29, 1.82) is 0 Å². The molecule has 0 saturated heterocycles. The highest BCUT2D eigenvalue weighted by Gasteiger charge is 2.03. The summed E-state index contributed by atoms with van der Waals surface area (Å²) in [6, 6.07) is 5.83. The van der Waals surface area contributed by atoms with Crippen LogP contribution in [0.5, 0.6) is 11.5 Å². The molecule has 0 aliphatic rings. The molecule has 0 saturated carbocycles. The molecule has 0 heterocycles. The van der Waals surface area contributed by atoms with Crippen LogP contribution in [0.3, 0.4) is 0 Å². The van der Waals surface area contributed by atoms with E-state index >= 15 is 0 Å². The fourth-order valence-electron chi connectivity index (χ4n) is 1.15. The maximum Gasteiger partial charge on any atom is 0.160 e. The van der Waals surface area contributed by atoms with E-state index in [1.165, 1.54) is 0 Å². The van der Waals surface area contributed by atoms with Crippen LogP contribution < -0.4 is 9.47 Å². The summed E-state index contributed by atoms with van der Waals surface area (Å²) in [7, 11) is 3.25. The molecule has 0 spiro atoms. The summed E-state index contributed by atoms with van der Waals surface area (Å²) in [6.07, 6.45) is 0.849. The Kier molecular flexibility index (Phi) is 3.90. The minimum Gasteiger partial charge on any atom is -0.493 e. The average Bonchev–Trinajstić information content (AvgIpc) is 2.18. The topological polar surface area (TPSA) is 18.5 Å². The number of hydrogen-bond donors (Lipinski definition) is 0. The van der Waals surface area contributed by atoms with E-state index in [-0.39, 0.29) is 0 Å². The third-order valence-electron chi connectivity index (χ3n) is 1.83. The zero-order chi connectivity index (χ0) is 9.68. The SMILES string of the molecule is COc1ccc(CCCl)cc1OC. The van der Waals surface area contributed by atoms with Gasteiger partial charge in [-0.05, 0) is 24.1 Å². The molecule has 1 aromatic carbocycles. The highest BCUT2D eigenvalue weighted by molar-refractivity contribution is 6.17. The molecule has 0 unspecified atom stereocenters. The molecule has 3 heteroatoms. The van der Waals surface area contributed by atoms with Crippen molar-refractivity contribution in [3.63, 3.8) is 0 Å². The van der Waals surface area contributed by atoms with Gasteiger partial charge in [0.1, 0.15) is 0 Å². The molecule has 72 valence electrons. The van der Waals surface area contributed by atoms with Gasteiger partial charge in [-0.15, -0.1) is 11.6 Å². The molecule has 0 aliphatic heterocycles. The van der Waals surface area contributed by atoms with Gasteiger partial charge in [-0.25, -0.2) is 0 Å². The van der Waals surface area contributed by atoms with Gasteiger partial charge in [0.2, 0.25) is 0 Å². The van der Waals surface area contributed by atoms with Gasteiger partial charge < -0.3 is 9.47 Å². The van der Waals surface area contributed by atoms with E-state index in [9.17, 15) is 0 Å². The Balaban J connectivity index is 2.91. The zero-order valence-electron chi connectivity index (χ0n) is 7.84. The monoisotopic (exact) mass is 200 g/mol. The fraction of sp³-hybridized carbons (Fsp3) is 0.400. The lowest BCUT2D eigenvalue weighted by molar-refractivity contribution is 0.354. The second-order valence-electron chi connectivity index (χ2n) is 2.63. The van der Waals surface area contributed by atoms with Crippen molar-refractivity contribution in [1.82, 2.24) is 0 Å². The van der Waals surface area contributed by atoms with Gasteiger partial charge in [-0.2, -0.15) is 0 Å². The van der Waals surface area contributed by atoms with Crippen molar-refractivity contribution in [3.05, 3.63) is 23.8 Å². The largest absolute Gasteiger partial charge is 0.493 e. The number of ether oxygens (including phenoxy) is 2. The van der Waals surface area contributed by atoms with Crippen LogP contribution in [0, 0.1) is 0 Å². The Morgan fingerprint density at radius 2 is 1.85 bits per heavy atom. The second kappa shape index (κ2) is 4.97. The lowest BCUT2D eigenvalue weighted by atomic mass is 10.1. The van der Waals surface area contributed by atoms with Gasteiger partial charge in [0.25, 0.3) is 0 Å². The van der Waals surface area contributed by atoms with E-state index in [1.54, 1.807) is 14.2 Å². The Labute approximate surface area is 83.4 Å². The van der Waals surface area contributed by atoms with Crippen molar-refractivity contribution >= 4 is 11.6 Å². The van der Waals surface area contributed by atoms with Gasteiger partial charge in [-0.3, -0.25) is 0 Å². The highest BCUT2D eigenvalue weighted by Crippen LogP contribution is 2.27. The molecule has 1 aromatic rings. The molecule has 0 N–H and O–H groups in total. The zero-order valence-corrected chi connectivity index (χ0v) is 8.60. The van der Waals surface area contributed by atoms with Crippen LogP contribution in [0.25, 0.3) is 0 Å². The smallest absolute Gasteiger partial charge is 0.160 e. The first-order valence-corrected chi connectivity index (χ1v) is 4.62. The summed E-state index contributed by atoms with van der Waals surface area (Å²) in [6.45, 7) is 0. The normalized spacial score (nSPS) is 9.77. The number of alkyl halides is 1. The summed E-state index contributed by atoms with van der Waals surface area (Å²) >= 11 is 5.63. The third-order valence-corrected chi connectivity index (χ3v) is 2.02. The number of benzene rings is 1. The number of methoxy groups -OCH3 is 2. The van der Waals surface area contributed by atoms with Gasteiger partial charge in [0.15, 0.2) is 11.5 Å². The van der Waals surface area contributed by atoms with Crippen molar-refractivity contribution in [2.75, 3.05) is 20.1 Å². The summed E-state index contributed by atoms with van der Waals surface area (Å²) in [5, 5.41) is 0. The predicted octanol–water partition coefficient (Wildman–Crippen LogP) is 2.49. The van der Waals surface area contributed by atoms with E-state index in [2.05, 4.69) is 0 Å². The van der Waals surface area contributed by atoms with E-state index in [4.69, 9.17) is 21.1 Å². The molecule has 0 bridgehead atoms. The minimum absolute atomic E-state index is 0.621. The summed E-state index contributed by atoms with van der Waals surface area (Å²) in [5.41, 5.74) is 1.16. The molecule has 2 nitrogen and oxygen atoms in total. The molecule has 0 atom stereocenters. The molecule has 0 aliphatic carbocycles. The van der Waals surface area contributed by atoms with Gasteiger partial charge in [0.05, 0.1) is 14.2 Å². The first-order valence-electron chi connectivity index (χ1n) is 4.08. The number of aryl methyl sites for hydroxylation is 1. The highest BCUT2D eigenvalue weighted by atomic mass is 35.5. The van der Waals surface area contributed by atoms with Crippen LogP contribution in [0.4, 0.5) is 0 Å². The Morgan fingerprint density at radius 1 is 1.15 bits per heavy atom. The Bertz CT molecular complexity index is 274. The first kappa shape index (κ1) is 10.2. The quantitative estimate of drug-likeness (QED) is 0.696. The van der Waals surface area contributed by atoms with Crippen LogP contribution in [0.2, 0.25) is 0 Å². The lowest BCUT2D eigenvalue weighted by Crippen LogP contribution is -1.93. The van der Waals surface area contributed by atoms with Crippen molar-refractivity contribution in [2.45, 2.75) is 6.42 Å². The molecule has 0 fully saturated rings. The lowest BCUT2D eigenvalue weighted by Gasteiger charge is -2.08. The van der Waals surface area contributed by atoms with Crippen LogP contribution in [0.1, 0.15) is 5.56 Å². The molecule has 1 rings (SSSR count). The standard InChI is InChI=1S/C10H13ClO2/c1-12-9-4-3-8(5-6-11)7-10(9)13-2/h3-4,7H,5-6H2,1-2H3. The third kappa shape index (κ3) is 2.52. The van der Waals surface area contributed by atoms with Crippen molar-refractivity contribution < 1.29 is 9.47 Å². The minimum atomic E-state index is 0.621. The van der Waals surface area contributed by atoms with Crippen LogP contribution in [-0.2, 0) is 6.42 Å². The number of halogens is 1. The summed E-state index contributed by atoms with van der Waals surface area (Å²) in [5.74, 6) is 2.13. The van der Waals surface area contributed by atoms with Crippen molar-refractivity contribution in [2.24, 2.45) is 0 Å². The van der Waals surface area contributed by atoms with Crippen LogP contribution in [0.15, 0.2) is 18.2 Å². The number of rotatable bonds is 4. The fourth-order valence-corrected chi connectivity index (χ4v) is 1.36. The van der Waals surface area contributed by atoms with Gasteiger partial charge >= 0.3 is 0 Å². The maximum atomic E-state index is 5.63. The Hall–Kier alpha value is -0.890. The summed E-state index contributed by atoms with van der Waals surface area (Å²) in [4.78, 5) is 0. The molecular weight excluding hydrogens is 188 g/mol. The molecule has 0 radical (unpaired) electrons. The maximum absolute atomic E-state index is 5.63. The van der Waals surface area contributed by atoms with Gasteiger partial charge in [0, 0.05) is 5.88 Å². The molecular formula is C10H13ClO2. The van der Waals surface area contributed by atoms with Crippen LogP contribution in [-0.4, -0.2) is 20.1 Å². The van der Waals surface area contributed by atoms with E-state index in [0.717, 1.165) is 23.5 Å². The predicted molar refractivity (Wildman–Crippen MR) is 54.0 cm³/mol. The summed E-state index contributed by atoms with van der Waals surface area (Å²) < 4.78 is 10.3. The first-order chi connectivity index (χ1) is 6.31. The van der Waals surface area contributed by atoms with E-state index in [1.807, 2.05) is 18.2 Å². The average molecular weight is 201 g/mol. The van der Waals surface area contributed by atoms with Crippen molar-refractivity contribution in [3.8, 4) is 11.5 Å². The molecule has 0 aromatic heterocycles. The Morgan fingerprint density at radius 3 is 2.38 bits per heavy atom. The second-order valence-corrected chi connectivity index (χ2v) is 3.01. The molecule has 0 amide bonds. The van der Waals surface area contributed by atoms with E-state index < -0.39 is 0 Å². The number of hydrogen-bond acceptors (Lipinski definition) is 2.